The van der Waals surface area contributed by atoms with Crippen LogP contribution in [0.25, 0.3) is 0 Å². The second kappa shape index (κ2) is 7.84. The maximum Gasteiger partial charge on any atom is -0.0248 e. The first-order valence-electron chi connectivity index (χ1n) is 6.13. The minimum Gasteiger partial charge on any atom is -0.0845 e. The van der Waals surface area contributed by atoms with Crippen molar-refractivity contribution >= 4 is 0 Å². The molecule has 1 atom stereocenters. The zero-order valence-electron chi connectivity index (χ0n) is 10.6. The second-order valence-electron chi connectivity index (χ2n) is 3.80. The van der Waals surface area contributed by atoms with Gasteiger partial charge in [0.1, 0.15) is 0 Å². The lowest BCUT2D eigenvalue weighted by Crippen LogP contribution is -1.90. The molecular formula is C14H26. The van der Waals surface area contributed by atoms with E-state index in [0.717, 1.165) is 12.3 Å². The predicted octanol–water partition coefficient (Wildman–Crippen LogP) is 5.12. The normalized spacial score (nSPS) is 21.4. The third-order valence-corrected chi connectivity index (χ3v) is 2.78. The van der Waals surface area contributed by atoms with Crippen LogP contribution < -0.4 is 0 Å². The van der Waals surface area contributed by atoms with Gasteiger partial charge in [-0.05, 0) is 37.7 Å². The lowest BCUT2D eigenvalue weighted by molar-refractivity contribution is 0.539. The molecule has 0 heteroatoms. The summed E-state index contributed by atoms with van der Waals surface area (Å²) in [6.45, 7) is 10.8. The SMILES string of the molecule is CC.CC/C=C\C1=C(C)CC(CC)C1. The number of allylic oxidation sites excluding steroid dienone is 4. The van der Waals surface area contributed by atoms with Crippen molar-refractivity contribution < 1.29 is 0 Å². The van der Waals surface area contributed by atoms with Crippen LogP contribution >= 0.6 is 0 Å². The Morgan fingerprint density at radius 2 is 1.86 bits per heavy atom. The molecule has 0 aliphatic heterocycles. The molecule has 0 saturated carbocycles. The molecule has 14 heavy (non-hydrogen) atoms. The zero-order valence-corrected chi connectivity index (χ0v) is 10.6. The van der Waals surface area contributed by atoms with Crippen LogP contribution in [-0.4, -0.2) is 0 Å². The minimum atomic E-state index is 0.932. The van der Waals surface area contributed by atoms with Crippen LogP contribution in [-0.2, 0) is 0 Å². The summed E-state index contributed by atoms with van der Waals surface area (Å²) in [5.74, 6) is 0.932. The van der Waals surface area contributed by atoms with Gasteiger partial charge in [0, 0.05) is 0 Å². The summed E-state index contributed by atoms with van der Waals surface area (Å²) in [7, 11) is 0. The van der Waals surface area contributed by atoms with Crippen molar-refractivity contribution in [1.29, 1.82) is 0 Å². The van der Waals surface area contributed by atoms with Crippen molar-refractivity contribution in [2.75, 3.05) is 0 Å². The van der Waals surface area contributed by atoms with Gasteiger partial charge in [-0.25, -0.2) is 0 Å². The lowest BCUT2D eigenvalue weighted by atomic mass is 10.0. The Bertz CT molecular complexity index is 196. The molecule has 0 aromatic carbocycles. The molecule has 82 valence electrons. The van der Waals surface area contributed by atoms with E-state index in [0.29, 0.717) is 0 Å². The van der Waals surface area contributed by atoms with E-state index < -0.39 is 0 Å². The molecule has 1 aliphatic rings. The molecule has 1 rings (SSSR count). The first kappa shape index (κ1) is 13.5. The van der Waals surface area contributed by atoms with E-state index in [4.69, 9.17) is 0 Å². The van der Waals surface area contributed by atoms with Crippen LogP contribution in [0.1, 0.15) is 60.3 Å². The summed E-state index contributed by atoms with van der Waals surface area (Å²) in [6, 6.07) is 0. The molecule has 0 fully saturated rings. The number of hydrogen-bond acceptors (Lipinski definition) is 0. The fraction of sp³-hybridized carbons (Fsp3) is 0.714. The molecular weight excluding hydrogens is 168 g/mol. The molecule has 0 N–H and O–H groups in total. The summed E-state index contributed by atoms with van der Waals surface area (Å²) in [5, 5.41) is 0. The van der Waals surface area contributed by atoms with Gasteiger partial charge in [0.05, 0.1) is 0 Å². The molecule has 0 spiro atoms. The molecule has 0 heterocycles. The monoisotopic (exact) mass is 194 g/mol. The van der Waals surface area contributed by atoms with Crippen LogP contribution in [0.15, 0.2) is 23.3 Å². The first-order chi connectivity index (χ1) is 6.77. The maximum absolute atomic E-state index is 2.32. The van der Waals surface area contributed by atoms with Crippen molar-refractivity contribution in [1.82, 2.24) is 0 Å². The molecule has 0 bridgehead atoms. The predicted molar refractivity (Wildman–Crippen MR) is 66.5 cm³/mol. The van der Waals surface area contributed by atoms with Gasteiger partial charge in [-0.1, -0.05) is 51.8 Å². The van der Waals surface area contributed by atoms with Gasteiger partial charge < -0.3 is 0 Å². The van der Waals surface area contributed by atoms with E-state index in [9.17, 15) is 0 Å². The molecule has 1 unspecified atom stereocenters. The third kappa shape index (κ3) is 4.13. The highest BCUT2D eigenvalue weighted by Gasteiger charge is 2.17. The quantitative estimate of drug-likeness (QED) is 0.585. The highest BCUT2D eigenvalue weighted by molar-refractivity contribution is 5.29. The summed E-state index contributed by atoms with van der Waals surface area (Å²) < 4.78 is 0. The molecule has 0 nitrogen and oxygen atoms in total. The largest absolute Gasteiger partial charge is 0.0845 e. The van der Waals surface area contributed by atoms with Gasteiger partial charge in [-0.15, -0.1) is 0 Å². The molecule has 0 amide bonds. The van der Waals surface area contributed by atoms with Crippen LogP contribution in [0, 0.1) is 5.92 Å². The maximum atomic E-state index is 2.32. The fourth-order valence-corrected chi connectivity index (χ4v) is 1.88. The topological polar surface area (TPSA) is 0 Å². The van der Waals surface area contributed by atoms with E-state index in [2.05, 4.69) is 32.9 Å². The van der Waals surface area contributed by atoms with Crippen LogP contribution in [0.5, 0.6) is 0 Å². The number of hydrogen-bond donors (Lipinski definition) is 0. The molecule has 0 aromatic rings. The van der Waals surface area contributed by atoms with Gasteiger partial charge in [-0.2, -0.15) is 0 Å². The van der Waals surface area contributed by atoms with Crippen molar-refractivity contribution in [3.63, 3.8) is 0 Å². The van der Waals surface area contributed by atoms with Gasteiger partial charge in [0.15, 0.2) is 0 Å². The Kier molecular flexibility index (Phi) is 7.55. The average Bonchev–Trinajstić information content (AvgIpc) is 2.59. The van der Waals surface area contributed by atoms with E-state index in [-0.39, 0.29) is 0 Å². The molecule has 0 radical (unpaired) electrons. The Labute approximate surface area is 90.1 Å². The summed E-state index contributed by atoms with van der Waals surface area (Å²) in [5.41, 5.74) is 3.22. The lowest BCUT2D eigenvalue weighted by Gasteiger charge is -2.03. The van der Waals surface area contributed by atoms with Gasteiger partial charge >= 0.3 is 0 Å². The Morgan fingerprint density at radius 3 is 2.29 bits per heavy atom. The van der Waals surface area contributed by atoms with E-state index in [1.807, 2.05) is 13.8 Å². The van der Waals surface area contributed by atoms with Crippen LogP contribution in [0.2, 0.25) is 0 Å². The highest BCUT2D eigenvalue weighted by Crippen LogP contribution is 2.33. The van der Waals surface area contributed by atoms with Gasteiger partial charge in [-0.3, -0.25) is 0 Å². The summed E-state index contributed by atoms with van der Waals surface area (Å²) in [4.78, 5) is 0. The van der Waals surface area contributed by atoms with Crippen molar-refractivity contribution in [2.24, 2.45) is 5.92 Å². The molecule has 0 aromatic heterocycles. The highest BCUT2D eigenvalue weighted by atomic mass is 14.2. The minimum absolute atomic E-state index is 0.932. The van der Waals surface area contributed by atoms with Gasteiger partial charge in [0.25, 0.3) is 0 Å². The second-order valence-corrected chi connectivity index (χ2v) is 3.80. The van der Waals surface area contributed by atoms with Crippen LogP contribution in [0.4, 0.5) is 0 Å². The van der Waals surface area contributed by atoms with Crippen LogP contribution in [0.3, 0.4) is 0 Å². The zero-order chi connectivity index (χ0) is 11.0. The summed E-state index contributed by atoms with van der Waals surface area (Å²) in [6.07, 6.45) is 9.75. The van der Waals surface area contributed by atoms with E-state index in [1.54, 1.807) is 11.1 Å². The Balaban J connectivity index is 0.000000791. The van der Waals surface area contributed by atoms with E-state index >= 15 is 0 Å². The Morgan fingerprint density at radius 1 is 1.21 bits per heavy atom. The molecule has 1 aliphatic carbocycles. The van der Waals surface area contributed by atoms with E-state index in [1.165, 1.54) is 19.3 Å². The third-order valence-electron chi connectivity index (χ3n) is 2.78. The van der Waals surface area contributed by atoms with Crippen molar-refractivity contribution in [2.45, 2.75) is 60.3 Å². The smallest absolute Gasteiger partial charge is 0.0248 e. The van der Waals surface area contributed by atoms with Crippen molar-refractivity contribution in [3.8, 4) is 0 Å². The summed E-state index contributed by atoms with van der Waals surface area (Å²) >= 11 is 0. The fourth-order valence-electron chi connectivity index (χ4n) is 1.88. The number of rotatable bonds is 3. The van der Waals surface area contributed by atoms with Crippen molar-refractivity contribution in [3.05, 3.63) is 23.3 Å². The first-order valence-corrected chi connectivity index (χ1v) is 6.13. The standard InChI is InChI=1S/C12H20.C2H6/c1-4-6-7-12-9-11(5-2)8-10(12)3;1-2/h6-7,11H,4-5,8-9H2,1-3H3;1-2H3/b7-6-;. The van der Waals surface area contributed by atoms with Gasteiger partial charge in [0.2, 0.25) is 0 Å². The molecule has 0 saturated heterocycles. The average molecular weight is 194 g/mol. The Hall–Kier alpha value is -0.520.